The molecular formula is C16H14O3. The lowest BCUT2D eigenvalue weighted by Gasteiger charge is -2.10. The second-order valence-electron chi connectivity index (χ2n) is 4.19. The standard InChI is InChI=1S/C16H14O3/c1-11-7-9-13(10-8-11)19-15-6-4-3-5-14(15)16(18)12(2)17/h3-10,17H,2H2,1H3. The van der Waals surface area contributed by atoms with Gasteiger partial charge in [-0.2, -0.15) is 0 Å². The van der Waals surface area contributed by atoms with Gasteiger partial charge in [0.2, 0.25) is 5.78 Å². The molecule has 0 amide bonds. The fourth-order valence-electron chi connectivity index (χ4n) is 1.63. The van der Waals surface area contributed by atoms with E-state index >= 15 is 0 Å². The van der Waals surface area contributed by atoms with Gasteiger partial charge >= 0.3 is 0 Å². The van der Waals surface area contributed by atoms with E-state index in [0.717, 1.165) is 5.56 Å². The van der Waals surface area contributed by atoms with E-state index in [1.165, 1.54) is 0 Å². The molecule has 0 aliphatic heterocycles. The van der Waals surface area contributed by atoms with E-state index in [1.807, 2.05) is 31.2 Å². The van der Waals surface area contributed by atoms with Crippen molar-refractivity contribution in [2.45, 2.75) is 6.92 Å². The Morgan fingerprint density at radius 3 is 2.37 bits per heavy atom. The minimum Gasteiger partial charge on any atom is -0.505 e. The monoisotopic (exact) mass is 254 g/mol. The SMILES string of the molecule is C=C(O)C(=O)c1ccccc1Oc1ccc(C)cc1. The molecule has 0 bridgehead atoms. The van der Waals surface area contributed by atoms with Crippen LogP contribution in [0.3, 0.4) is 0 Å². The third-order valence-electron chi connectivity index (χ3n) is 2.64. The summed E-state index contributed by atoms with van der Waals surface area (Å²) >= 11 is 0. The normalized spacial score (nSPS) is 9.95. The van der Waals surface area contributed by atoms with Gasteiger partial charge in [-0.25, -0.2) is 0 Å². The highest BCUT2D eigenvalue weighted by atomic mass is 16.5. The van der Waals surface area contributed by atoms with Gasteiger partial charge in [0.1, 0.15) is 11.5 Å². The van der Waals surface area contributed by atoms with Gasteiger partial charge in [0.05, 0.1) is 5.56 Å². The van der Waals surface area contributed by atoms with Crippen molar-refractivity contribution < 1.29 is 14.6 Å². The summed E-state index contributed by atoms with van der Waals surface area (Å²) in [6, 6.07) is 14.2. The molecule has 0 spiro atoms. The first-order chi connectivity index (χ1) is 9.08. The number of allylic oxidation sites excluding steroid dienone is 1. The molecule has 0 radical (unpaired) electrons. The molecule has 0 aliphatic carbocycles. The zero-order valence-corrected chi connectivity index (χ0v) is 10.6. The maximum Gasteiger partial charge on any atom is 0.230 e. The van der Waals surface area contributed by atoms with Crippen molar-refractivity contribution in [2.24, 2.45) is 0 Å². The van der Waals surface area contributed by atoms with Crippen LogP contribution in [0.4, 0.5) is 0 Å². The summed E-state index contributed by atoms with van der Waals surface area (Å²) < 4.78 is 5.66. The number of benzene rings is 2. The number of aliphatic hydroxyl groups excluding tert-OH is 1. The van der Waals surface area contributed by atoms with Crippen molar-refractivity contribution >= 4 is 5.78 Å². The molecule has 0 heterocycles. The van der Waals surface area contributed by atoms with Crippen molar-refractivity contribution in [1.82, 2.24) is 0 Å². The first kappa shape index (κ1) is 12.9. The van der Waals surface area contributed by atoms with Crippen LogP contribution in [0.25, 0.3) is 0 Å². The number of aryl methyl sites for hydroxylation is 1. The van der Waals surface area contributed by atoms with Crippen LogP contribution >= 0.6 is 0 Å². The fourth-order valence-corrected chi connectivity index (χ4v) is 1.63. The van der Waals surface area contributed by atoms with Gasteiger partial charge in [-0.15, -0.1) is 0 Å². The Labute approximate surface area is 111 Å². The molecule has 2 rings (SSSR count). The lowest BCUT2D eigenvalue weighted by atomic mass is 10.1. The third-order valence-corrected chi connectivity index (χ3v) is 2.64. The van der Waals surface area contributed by atoms with Gasteiger partial charge < -0.3 is 9.84 Å². The lowest BCUT2D eigenvalue weighted by molar-refractivity contribution is 0.0976. The molecule has 0 aromatic heterocycles. The number of Topliss-reactive ketones (excluding diaryl/α,β-unsaturated/α-hetero) is 1. The number of carbonyl (C=O) groups excluding carboxylic acids is 1. The molecule has 3 heteroatoms. The Morgan fingerprint density at radius 1 is 1.11 bits per heavy atom. The molecule has 0 unspecified atom stereocenters. The molecule has 2 aromatic carbocycles. The molecule has 3 nitrogen and oxygen atoms in total. The molecule has 19 heavy (non-hydrogen) atoms. The van der Waals surface area contributed by atoms with E-state index in [2.05, 4.69) is 6.58 Å². The second-order valence-corrected chi connectivity index (χ2v) is 4.19. The Bertz CT molecular complexity index is 612. The van der Waals surface area contributed by atoms with E-state index in [-0.39, 0.29) is 5.56 Å². The number of hydrogen-bond acceptors (Lipinski definition) is 3. The molecule has 1 N–H and O–H groups in total. The predicted octanol–water partition coefficient (Wildman–Crippen LogP) is 4.04. The number of para-hydroxylation sites is 1. The summed E-state index contributed by atoms with van der Waals surface area (Å²) in [7, 11) is 0. The van der Waals surface area contributed by atoms with Crippen molar-refractivity contribution in [3.63, 3.8) is 0 Å². The molecular weight excluding hydrogens is 240 g/mol. The Morgan fingerprint density at radius 2 is 1.74 bits per heavy atom. The molecule has 0 aliphatic rings. The van der Waals surface area contributed by atoms with E-state index in [4.69, 9.17) is 4.74 Å². The zero-order chi connectivity index (χ0) is 13.8. The van der Waals surface area contributed by atoms with E-state index < -0.39 is 11.5 Å². The highest BCUT2D eigenvalue weighted by Gasteiger charge is 2.14. The molecule has 96 valence electrons. The van der Waals surface area contributed by atoms with Crippen LogP contribution in [0.5, 0.6) is 11.5 Å². The molecule has 0 fully saturated rings. The fraction of sp³-hybridized carbons (Fsp3) is 0.0625. The minimum atomic E-state index is -0.539. The Balaban J connectivity index is 2.32. The van der Waals surface area contributed by atoms with E-state index in [9.17, 15) is 9.90 Å². The molecule has 0 saturated carbocycles. The van der Waals surface area contributed by atoms with Crippen molar-refractivity contribution in [1.29, 1.82) is 0 Å². The number of ketones is 1. The van der Waals surface area contributed by atoms with Crippen LogP contribution in [0, 0.1) is 6.92 Å². The Kier molecular flexibility index (Phi) is 3.66. The number of aliphatic hydroxyl groups is 1. The number of carbonyl (C=O) groups is 1. The maximum atomic E-state index is 11.8. The first-order valence-electron chi connectivity index (χ1n) is 5.84. The van der Waals surface area contributed by atoms with Gasteiger partial charge in [0.15, 0.2) is 5.76 Å². The summed E-state index contributed by atoms with van der Waals surface area (Å²) in [4.78, 5) is 11.8. The van der Waals surface area contributed by atoms with Crippen LogP contribution in [0.2, 0.25) is 0 Å². The second kappa shape index (κ2) is 5.40. The predicted molar refractivity (Wildman–Crippen MR) is 73.8 cm³/mol. The zero-order valence-electron chi connectivity index (χ0n) is 10.6. The van der Waals surface area contributed by atoms with Gasteiger partial charge in [-0.05, 0) is 31.2 Å². The average Bonchev–Trinajstić information content (AvgIpc) is 2.41. The summed E-state index contributed by atoms with van der Waals surface area (Å²) in [6.45, 7) is 5.22. The van der Waals surface area contributed by atoms with Crippen molar-refractivity contribution in [3.8, 4) is 11.5 Å². The van der Waals surface area contributed by atoms with E-state index in [1.54, 1.807) is 24.3 Å². The summed E-state index contributed by atoms with van der Waals surface area (Å²) in [5.74, 6) is -0.0105. The topological polar surface area (TPSA) is 46.5 Å². The lowest BCUT2D eigenvalue weighted by Crippen LogP contribution is -2.03. The smallest absolute Gasteiger partial charge is 0.230 e. The molecule has 0 saturated heterocycles. The minimum absolute atomic E-state index is 0.288. The summed E-state index contributed by atoms with van der Waals surface area (Å²) in [6.07, 6.45) is 0. The maximum absolute atomic E-state index is 11.8. The average molecular weight is 254 g/mol. The molecule has 0 atom stereocenters. The summed E-state index contributed by atoms with van der Waals surface area (Å²) in [5.41, 5.74) is 1.41. The van der Waals surface area contributed by atoms with Crippen LogP contribution in [0.15, 0.2) is 60.9 Å². The first-order valence-corrected chi connectivity index (χ1v) is 5.84. The van der Waals surface area contributed by atoms with Crippen LogP contribution in [-0.4, -0.2) is 10.9 Å². The van der Waals surface area contributed by atoms with Crippen LogP contribution < -0.4 is 4.74 Å². The molecule has 2 aromatic rings. The third kappa shape index (κ3) is 3.01. The quantitative estimate of drug-likeness (QED) is 0.509. The van der Waals surface area contributed by atoms with Gasteiger partial charge in [0.25, 0.3) is 0 Å². The highest BCUT2D eigenvalue weighted by molar-refractivity contribution is 6.08. The number of hydrogen-bond donors (Lipinski definition) is 1. The van der Waals surface area contributed by atoms with Crippen molar-refractivity contribution in [2.75, 3.05) is 0 Å². The number of ether oxygens (including phenoxy) is 1. The largest absolute Gasteiger partial charge is 0.505 e. The van der Waals surface area contributed by atoms with Crippen LogP contribution in [0.1, 0.15) is 15.9 Å². The number of rotatable bonds is 4. The van der Waals surface area contributed by atoms with Gasteiger partial charge in [-0.1, -0.05) is 36.4 Å². The summed E-state index contributed by atoms with van der Waals surface area (Å²) in [5, 5.41) is 9.20. The van der Waals surface area contributed by atoms with E-state index in [0.29, 0.717) is 11.5 Å². The van der Waals surface area contributed by atoms with Gasteiger partial charge in [-0.3, -0.25) is 4.79 Å². The van der Waals surface area contributed by atoms with Crippen LogP contribution in [-0.2, 0) is 0 Å². The van der Waals surface area contributed by atoms with Crippen molar-refractivity contribution in [3.05, 3.63) is 72.0 Å². The Hall–Kier alpha value is -2.55. The van der Waals surface area contributed by atoms with Gasteiger partial charge in [0, 0.05) is 0 Å². The highest BCUT2D eigenvalue weighted by Crippen LogP contribution is 2.26.